The second-order valence-electron chi connectivity index (χ2n) is 6.56. The van der Waals surface area contributed by atoms with Crippen LogP contribution in [0.15, 0.2) is 12.2 Å². The number of aliphatic carboxylic acids is 1. The van der Waals surface area contributed by atoms with Crippen molar-refractivity contribution < 1.29 is 9.90 Å². The van der Waals surface area contributed by atoms with Crippen LogP contribution in [0.2, 0.25) is 0 Å². The van der Waals surface area contributed by atoms with Crippen LogP contribution in [0.25, 0.3) is 0 Å². The number of hydrogen-bond acceptors (Lipinski definition) is 3. The lowest BCUT2D eigenvalue weighted by Gasteiger charge is -1.99. The minimum Gasteiger partial charge on any atom is -0.481 e. The van der Waals surface area contributed by atoms with Gasteiger partial charge in [0, 0.05) is 18.7 Å². The molecule has 0 rings (SSSR count). The van der Waals surface area contributed by atoms with Crippen molar-refractivity contribution in [1.82, 2.24) is 5.32 Å². The Morgan fingerprint density at radius 3 is 1.76 bits per heavy atom. The summed E-state index contributed by atoms with van der Waals surface area (Å²) < 4.78 is 0. The molecule has 3 nitrogen and oxygen atoms in total. The number of allylic oxidation sites excluding steroid dienone is 2. The van der Waals surface area contributed by atoms with Crippen molar-refractivity contribution in [3.05, 3.63) is 12.2 Å². The molecule has 0 heterocycles. The van der Waals surface area contributed by atoms with Gasteiger partial charge >= 0.3 is 5.97 Å². The van der Waals surface area contributed by atoms with Crippen molar-refractivity contribution >= 4 is 18.6 Å². The fraction of sp³-hybridized carbons (Fsp3) is 0.857. The van der Waals surface area contributed by atoms with E-state index in [9.17, 15) is 4.79 Å². The third-order valence-electron chi connectivity index (χ3n) is 4.01. The maximum absolute atomic E-state index is 10.3. The predicted octanol–water partition coefficient (Wildman–Crippen LogP) is 6.24. The van der Waals surface area contributed by atoms with Gasteiger partial charge in [-0.1, -0.05) is 70.4 Å². The van der Waals surface area contributed by atoms with E-state index in [0.717, 1.165) is 25.1 Å². The smallest absolute Gasteiger partial charge is 0.303 e. The second kappa shape index (κ2) is 25.8. The van der Waals surface area contributed by atoms with E-state index in [1.807, 2.05) is 7.05 Å². The van der Waals surface area contributed by atoms with Gasteiger partial charge in [-0.15, -0.1) is 0 Å². The fourth-order valence-corrected chi connectivity index (χ4v) is 2.68. The molecule has 25 heavy (non-hydrogen) atoms. The molecule has 150 valence electrons. The van der Waals surface area contributed by atoms with Gasteiger partial charge in [0.25, 0.3) is 0 Å². The molecule has 0 unspecified atom stereocenters. The van der Waals surface area contributed by atoms with Gasteiger partial charge in [-0.25, -0.2) is 0 Å². The molecule has 0 radical (unpaired) electrons. The molecular weight excluding hydrogens is 330 g/mol. The quantitative estimate of drug-likeness (QED) is 0.161. The number of carboxylic acid groups (broad SMARTS) is 1. The summed E-state index contributed by atoms with van der Waals surface area (Å²) in [5.41, 5.74) is 0. The molecule has 0 amide bonds. The number of rotatable bonds is 17. The fourth-order valence-electron chi connectivity index (χ4n) is 2.46. The molecule has 0 aliphatic carbocycles. The van der Waals surface area contributed by atoms with Gasteiger partial charge in [-0.3, -0.25) is 4.79 Å². The van der Waals surface area contributed by atoms with E-state index in [1.54, 1.807) is 0 Å². The molecule has 0 fully saturated rings. The van der Waals surface area contributed by atoms with E-state index in [2.05, 4.69) is 37.0 Å². The third-order valence-corrected chi connectivity index (χ3v) is 4.24. The lowest BCUT2D eigenvalue weighted by atomic mass is 10.1. The highest BCUT2D eigenvalue weighted by Crippen LogP contribution is 2.09. The molecule has 0 aliphatic heterocycles. The average Bonchev–Trinajstić information content (AvgIpc) is 2.59. The van der Waals surface area contributed by atoms with Gasteiger partial charge in [-0.2, -0.15) is 12.6 Å². The van der Waals surface area contributed by atoms with Crippen LogP contribution >= 0.6 is 12.6 Å². The highest BCUT2D eigenvalue weighted by molar-refractivity contribution is 7.80. The monoisotopic (exact) mass is 373 g/mol. The van der Waals surface area contributed by atoms with Crippen LogP contribution in [-0.2, 0) is 4.79 Å². The molecule has 0 aromatic carbocycles. The van der Waals surface area contributed by atoms with E-state index < -0.39 is 5.97 Å². The normalized spacial score (nSPS) is 10.7. The lowest BCUT2D eigenvalue weighted by Crippen LogP contribution is -2.07. The first-order chi connectivity index (χ1) is 12.2. The molecule has 0 aromatic rings. The molecule has 0 saturated heterocycles. The Kier molecular flexibility index (Phi) is 27.6. The van der Waals surface area contributed by atoms with Gasteiger partial charge in [0.2, 0.25) is 0 Å². The number of carboxylic acids is 1. The predicted molar refractivity (Wildman–Crippen MR) is 115 cm³/mol. The summed E-state index contributed by atoms with van der Waals surface area (Å²) in [6.07, 6.45) is 21.2. The maximum Gasteiger partial charge on any atom is 0.303 e. The zero-order valence-corrected chi connectivity index (χ0v) is 17.7. The maximum atomic E-state index is 10.3. The van der Waals surface area contributed by atoms with Crippen LogP contribution in [0.3, 0.4) is 0 Å². The molecule has 4 heteroatoms. The van der Waals surface area contributed by atoms with Gasteiger partial charge in [0.05, 0.1) is 0 Å². The summed E-state index contributed by atoms with van der Waals surface area (Å²) in [5.74, 6) is 0.263. The summed E-state index contributed by atoms with van der Waals surface area (Å²) in [6, 6.07) is 0. The van der Waals surface area contributed by atoms with E-state index in [1.165, 1.54) is 70.6 Å². The SMILES string of the molecule is CCCCCCCC/C=C\CCCCCCCC(=O)O.CNCCS. The van der Waals surface area contributed by atoms with Crippen LogP contribution in [0.1, 0.15) is 96.8 Å². The van der Waals surface area contributed by atoms with Crippen LogP contribution < -0.4 is 5.32 Å². The first-order valence-electron chi connectivity index (χ1n) is 10.3. The topological polar surface area (TPSA) is 49.3 Å². The van der Waals surface area contributed by atoms with Crippen molar-refractivity contribution in [2.75, 3.05) is 19.3 Å². The number of hydrogen-bond donors (Lipinski definition) is 3. The zero-order valence-electron chi connectivity index (χ0n) is 16.8. The van der Waals surface area contributed by atoms with Crippen molar-refractivity contribution in [3.8, 4) is 0 Å². The van der Waals surface area contributed by atoms with Crippen LogP contribution in [-0.4, -0.2) is 30.4 Å². The average molecular weight is 374 g/mol. The number of thiol groups is 1. The summed E-state index contributed by atoms with van der Waals surface area (Å²) in [7, 11) is 1.91. The lowest BCUT2D eigenvalue weighted by molar-refractivity contribution is -0.137. The summed E-state index contributed by atoms with van der Waals surface area (Å²) in [5, 5.41) is 11.4. The summed E-state index contributed by atoms with van der Waals surface area (Å²) in [6.45, 7) is 3.26. The molecule has 0 bridgehead atoms. The van der Waals surface area contributed by atoms with Gasteiger partial charge in [0.15, 0.2) is 0 Å². The Morgan fingerprint density at radius 2 is 1.36 bits per heavy atom. The Bertz CT molecular complexity index is 281. The molecule has 0 aromatic heterocycles. The van der Waals surface area contributed by atoms with Crippen LogP contribution in [0.4, 0.5) is 0 Å². The molecule has 0 saturated carbocycles. The largest absolute Gasteiger partial charge is 0.481 e. The molecule has 2 N–H and O–H groups in total. The van der Waals surface area contributed by atoms with Crippen LogP contribution in [0.5, 0.6) is 0 Å². The Labute approximate surface area is 162 Å². The Morgan fingerprint density at radius 1 is 0.880 bits per heavy atom. The highest BCUT2D eigenvalue weighted by Gasteiger charge is 1.95. The minimum atomic E-state index is -0.664. The minimum absolute atomic E-state index is 0.332. The standard InChI is InChI=1S/C18H34O2.C3H9NS/c1-2-3-4-5-6-7-8-9-10-11-12-13-14-15-16-17-18(19)20;1-4-2-3-5/h9-10H,2-8,11-17H2,1H3,(H,19,20);4-5H,2-3H2,1H3/b10-9-;. The number of unbranched alkanes of at least 4 members (excludes halogenated alkanes) is 11. The second-order valence-corrected chi connectivity index (χ2v) is 7.00. The zero-order chi connectivity index (χ0) is 19.0. The number of nitrogens with one attached hydrogen (secondary N) is 1. The van der Waals surface area contributed by atoms with Crippen molar-refractivity contribution in [3.63, 3.8) is 0 Å². The Hall–Kier alpha value is -0.480. The van der Waals surface area contributed by atoms with Gasteiger partial charge in [0.1, 0.15) is 0 Å². The number of carbonyl (C=O) groups is 1. The van der Waals surface area contributed by atoms with Crippen molar-refractivity contribution in [2.24, 2.45) is 0 Å². The molecule has 0 aliphatic rings. The van der Waals surface area contributed by atoms with E-state index >= 15 is 0 Å². The first-order valence-corrected chi connectivity index (χ1v) is 10.9. The van der Waals surface area contributed by atoms with Gasteiger partial charge < -0.3 is 10.4 Å². The first kappa shape index (κ1) is 26.7. The molecule has 0 atom stereocenters. The van der Waals surface area contributed by atoms with E-state index in [0.29, 0.717) is 6.42 Å². The Balaban J connectivity index is 0. The van der Waals surface area contributed by atoms with E-state index in [4.69, 9.17) is 5.11 Å². The third kappa shape index (κ3) is 31.8. The van der Waals surface area contributed by atoms with Crippen LogP contribution in [0, 0.1) is 0 Å². The summed E-state index contributed by atoms with van der Waals surface area (Å²) >= 11 is 3.94. The van der Waals surface area contributed by atoms with Crippen molar-refractivity contribution in [1.29, 1.82) is 0 Å². The summed E-state index contributed by atoms with van der Waals surface area (Å²) in [4.78, 5) is 10.3. The molecule has 0 spiro atoms. The molecular formula is C21H43NO2S. The highest BCUT2D eigenvalue weighted by atomic mass is 32.1. The van der Waals surface area contributed by atoms with Gasteiger partial charge in [-0.05, 0) is 39.2 Å². The van der Waals surface area contributed by atoms with E-state index in [-0.39, 0.29) is 0 Å². The van der Waals surface area contributed by atoms with Crippen molar-refractivity contribution in [2.45, 2.75) is 96.8 Å².